The van der Waals surface area contributed by atoms with E-state index in [4.69, 9.17) is 9.47 Å². The molecule has 1 N–H and O–H groups in total. The second kappa shape index (κ2) is 11.7. The number of imide groups is 1. The number of amides is 2. The van der Waals surface area contributed by atoms with Gasteiger partial charge < -0.3 is 19.7 Å². The Balaban J connectivity index is 1.88. The number of carbonyl (C=O) groups is 3. The van der Waals surface area contributed by atoms with Crippen LogP contribution < -0.4 is 10.2 Å². The van der Waals surface area contributed by atoms with E-state index in [0.29, 0.717) is 40.3 Å². The lowest BCUT2D eigenvalue weighted by molar-refractivity contribution is -0.112. The van der Waals surface area contributed by atoms with Crippen molar-refractivity contribution in [1.82, 2.24) is 4.90 Å². The number of carbonyl (C=O) groups excluding carboxylic acids is 3. The summed E-state index contributed by atoms with van der Waals surface area (Å²) in [5.74, 6) is -0.913. The van der Waals surface area contributed by atoms with Gasteiger partial charge in [-0.15, -0.1) is 0 Å². The van der Waals surface area contributed by atoms with Crippen molar-refractivity contribution in [2.24, 2.45) is 0 Å². The number of hydrogen-bond donors (Lipinski definition) is 1. The van der Waals surface area contributed by atoms with E-state index in [1.54, 1.807) is 38.1 Å². The van der Waals surface area contributed by atoms with E-state index < -0.39 is 18.0 Å². The summed E-state index contributed by atoms with van der Waals surface area (Å²) in [4.78, 5) is 42.4. The van der Waals surface area contributed by atoms with Crippen LogP contribution in [0.5, 0.6) is 0 Å². The van der Waals surface area contributed by atoms with Gasteiger partial charge in [0, 0.05) is 17.8 Å². The van der Waals surface area contributed by atoms with Crippen LogP contribution in [0.4, 0.5) is 16.2 Å². The molecule has 38 heavy (non-hydrogen) atoms. The van der Waals surface area contributed by atoms with Crippen molar-refractivity contribution in [2.75, 3.05) is 37.5 Å². The first-order chi connectivity index (χ1) is 18.3. The third-order valence-corrected chi connectivity index (χ3v) is 5.96. The summed E-state index contributed by atoms with van der Waals surface area (Å²) >= 11 is 0. The monoisotopic (exact) mass is 513 g/mol. The van der Waals surface area contributed by atoms with E-state index in [0.717, 1.165) is 16.0 Å². The van der Waals surface area contributed by atoms with E-state index in [9.17, 15) is 14.4 Å². The molecule has 0 unspecified atom stereocenters. The lowest BCUT2D eigenvalue weighted by atomic mass is 9.99. The number of fused-ring (bicyclic) bond motifs is 1. The van der Waals surface area contributed by atoms with Crippen LogP contribution in [0.25, 0.3) is 11.3 Å². The van der Waals surface area contributed by atoms with E-state index in [-0.39, 0.29) is 13.2 Å². The molecule has 0 aliphatic carbocycles. The molecule has 8 heteroatoms. The summed E-state index contributed by atoms with van der Waals surface area (Å²) in [7, 11) is 3.86. The Morgan fingerprint density at radius 1 is 0.895 bits per heavy atom. The minimum atomic E-state index is -0.731. The van der Waals surface area contributed by atoms with Gasteiger partial charge in [-0.3, -0.25) is 4.79 Å². The van der Waals surface area contributed by atoms with Gasteiger partial charge in [-0.1, -0.05) is 54.6 Å². The zero-order valence-electron chi connectivity index (χ0n) is 22.0. The minimum absolute atomic E-state index is 0.142. The Morgan fingerprint density at radius 3 is 2.26 bits per heavy atom. The summed E-state index contributed by atoms with van der Waals surface area (Å²) in [5, 5.41) is 3.38. The fourth-order valence-electron chi connectivity index (χ4n) is 4.39. The van der Waals surface area contributed by atoms with Gasteiger partial charge >= 0.3 is 12.1 Å². The van der Waals surface area contributed by atoms with Crippen LogP contribution in [0, 0.1) is 0 Å². The summed E-state index contributed by atoms with van der Waals surface area (Å²) in [6.07, 6.45) is -0.731. The van der Waals surface area contributed by atoms with Crippen molar-refractivity contribution in [3.63, 3.8) is 0 Å². The van der Waals surface area contributed by atoms with Crippen molar-refractivity contribution in [1.29, 1.82) is 0 Å². The van der Waals surface area contributed by atoms with Crippen LogP contribution in [0.3, 0.4) is 0 Å². The molecule has 0 bridgehead atoms. The second-order valence-corrected chi connectivity index (χ2v) is 8.93. The van der Waals surface area contributed by atoms with E-state index in [1.165, 1.54) is 0 Å². The average Bonchev–Trinajstić information content (AvgIpc) is 3.20. The zero-order valence-corrected chi connectivity index (χ0v) is 22.0. The summed E-state index contributed by atoms with van der Waals surface area (Å²) in [6.45, 7) is 4.41. The second-order valence-electron chi connectivity index (χ2n) is 8.93. The zero-order chi connectivity index (χ0) is 27.2. The van der Waals surface area contributed by atoms with Crippen LogP contribution in [-0.2, 0) is 20.8 Å². The topological polar surface area (TPSA) is 88.2 Å². The number of esters is 1. The molecular weight excluding hydrogens is 482 g/mol. The Hall–Kier alpha value is -4.43. The molecule has 1 heterocycles. The van der Waals surface area contributed by atoms with Crippen molar-refractivity contribution in [3.05, 3.63) is 95.1 Å². The number of para-hydroxylation sites is 1. The van der Waals surface area contributed by atoms with E-state index in [2.05, 4.69) is 5.32 Å². The number of hydrogen-bond acceptors (Lipinski definition) is 7. The molecular formula is C30H31N3O5. The average molecular weight is 514 g/mol. The lowest BCUT2D eigenvalue weighted by Gasteiger charge is -2.18. The number of nitrogens with one attached hydrogen (secondary N) is 1. The van der Waals surface area contributed by atoms with Crippen LogP contribution >= 0.6 is 0 Å². The number of ether oxygens (including phenoxy) is 2. The van der Waals surface area contributed by atoms with Crippen LogP contribution in [0.2, 0.25) is 0 Å². The van der Waals surface area contributed by atoms with Crippen molar-refractivity contribution in [2.45, 2.75) is 20.4 Å². The molecule has 0 spiro atoms. The lowest BCUT2D eigenvalue weighted by Crippen LogP contribution is -2.34. The molecule has 0 fully saturated rings. The Kier molecular flexibility index (Phi) is 8.23. The number of rotatable bonds is 8. The fraction of sp³-hybridized carbons (Fsp3) is 0.233. The predicted octanol–water partition coefficient (Wildman–Crippen LogP) is 5.41. The molecule has 2 amide bonds. The first-order valence-corrected chi connectivity index (χ1v) is 12.5. The standard InChI is InChI=1S/C30H31N3O5/c1-5-37-29(35)24-18-22(17-16-21(24)19-32(3)4)31-27(20-12-8-7-9-13-20)26-23-14-10-11-15-25(23)33(28(26)34)30(36)38-6-2/h7-18,31H,5-6,19H2,1-4H3/b27-26-. The highest BCUT2D eigenvalue weighted by Gasteiger charge is 2.39. The van der Waals surface area contributed by atoms with Gasteiger partial charge in [-0.05, 0) is 57.3 Å². The molecule has 3 aromatic rings. The van der Waals surface area contributed by atoms with Crippen molar-refractivity contribution < 1.29 is 23.9 Å². The first kappa shape index (κ1) is 26.6. The predicted molar refractivity (Wildman–Crippen MR) is 148 cm³/mol. The van der Waals surface area contributed by atoms with E-state index in [1.807, 2.05) is 67.5 Å². The third-order valence-electron chi connectivity index (χ3n) is 5.96. The quantitative estimate of drug-likeness (QED) is 0.318. The van der Waals surface area contributed by atoms with Crippen molar-refractivity contribution >= 4 is 40.6 Å². The third kappa shape index (κ3) is 5.45. The highest BCUT2D eigenvalue weighted by molar-refractivity contribution is 6.43. The molecule has 0 radical (unpaired) electrons. The maximum absolute atomic E-state index is 13.8. The highest BCUT2D eigenvalue weighted by atomic mass is 16.6. The van der Waals surface area contributed by atoms with E-state index >= 15 is 0 Å². The van der Waals surface area contributed by atoms with Crippen molar-refractivity contribution in [3.8, 4) is 0 Å². The highest BCUT2D eigenvalue weighted by Crippen LogP contribution is 2.41. The molecule has 1 aliphatic rings. The first-order valence-electron chi connectivity index (χ1n) is 12.5. The van der Waals surface area contributed by atoms with Gasteiger partial charge in [0.25, 0.3) is 5.91 Å². The minimum Gasteiger partial charge on any atom is -0.462 e. The Morgan fingerprint density at radius 2 is 1.58 bits per heavy atom. The summed E-state index contributed by atoms with van der Waals surface area (Å²) in [5.41, 5.74) is 4.49. The van der Waals surface area contributed by atoms with Gasteiger partial charge in [0.1, 0.15) is 0 Å². The molecule has 1 aliphatic heterocycles. The van der Waals surface area contributed by atoms with Gasteiger partial charge in [-0.2, -0.15) is 0 Å². The molecule has 196 valence electrons. The summed E-state index contributed by atoms with van der Waals surface area (Å²) < 4.78 is 10.5. The Labute approximate surface area is 222 Å². The molecule has 0 atom stereocenters. The fourth-order valence-corrected chi connectivity index (χ4v) is 4.39. The van der Waals surface area contributed by atoms with Crippen LogP contribution in [0.15, 0.2) is 72.8 Å². The molecule has 0 saturated heterocycles. The van der Waals surface area contributed by atoms with Gasteiger partial charge in [-0.25, -0.2) is 14.5 Å². The molecule has 4 rings (SSSR count). The van der Waals surface area contributed by atoms with Gasteiger partial charge in [0.15, 0.2) is 0 Å². The summed E-state index contributed by atoms with van der Waals surface area (Å²) in [6, 6.07) is 22.0. The number of anilines is 2. The number of nitrogens with zero attached hydrogens (tertiary/aromatic N) is 2. The number of benzene rings is 3. The van der Waals surface area contributed by atoms with Crippen LogP contribution in [-0.4, -0.2) is 50.2 Å². The molecule has 0 saturated carbocycles. The Bertz CT molecular complexity index is 1380. The normalized spacial score (nSPS) is 13.8. The maximum Gasteiger partial charge on any atom is 0.421 e. The van der Waals surface area contributed by atoms with Gasteiger partial charge in [0.2, 0.25) is 0 Å². The van der Waals surface area contributed by atoms with Gasteiger partial charge in [0.05, 0.1) is 35.7 Å². The largest absolute Gasteiger partial charge is 0.462 e. The van der Waals surface area contributed by atoms with Crippen LogP contribution in [0.1, 0.15) is 40.9 Å². The molecule has 0 aromatic heterocycles. The smallest absolute Gasteiger partial charge is 0.421 e. The SMILES string of the molecule is CCOC(=O)c1cc(N/C(=C2\C(=O)N(C(=O)OCC)c3ccccc32)c2ccccc2)ccc1CN(C)C. The molecule has 8 nitrogen and oxygen atoms in total. The maximum atomic E-state index is 13.8. The molecule has 3 aromatic carbocycles.